The van der Waals surface area contributed by atoms with Crippen LogP contribution in [0.1, 0.15) is 5.56 Å². The van der Waals surface area contributed by atoms with Crippen LogP contribution in [0, 0.1) is 6.92 Å². The van der Waals surface area contributed by atoms with Gasteiger partial charge in [-0.3, -0.25) is 9.78 Å². The summed E-state index contributed by atoms with van der Waals surface area (Å²) in [6, 6.07) is 1.73. The van der Waals surface area contributed by atoms with Crippen molar-refractivity contribution < 1.29 is 0 Å². The highest BCUT2D eigenvalue weighted by Gasteiger charge is 2.02. The van der Waals surface area contributed by atoms with Crippen LogP contribution in [0.2, 0.25) is 0 Å². The fraction of sp³-hybridized carbons (Fsp3) is 0.125. The van der Waals surface area contributed by atoms with Crippen LogP contribution in [0.15, 0.2) is 21.9 Å². The molecule has 0 atom stereocenters. The van der Waals surface area contributed by atoms with Crippen LogP contribution in [0.5, 0.6) is 0 Å². The van der Waals surface area contributed by atoms with Gasteiger partial charge in [0.1, 0.15) is 0 Å². The minimum absolute atomic E-state index is 0.264. The molecule has 0 aliphatic rings. The molecule has 0 bridgehead atoms. The monoisotopic (exact) mass is 177 g/mol. The van der Waals surface area contributed by atoms with E-state index in [0.29, 0.717) is 5.52 Å². The number of nitrogens with zero attached hydrogens (tertiary/aromatic N) is 1. The highest BCUT2D eigenvalue weighted by molar-refractivity contribution is 5.75. The summed E-state index contributed by atoms with van der Waals surface area (Å²) in [7, 11) is 0. The van der Waals surface area contributed by atoms with Gasteiger partial charge in [0.25, 0.3) is 5.56 Å². The number of aromatic amines is 2. The third kappa shape index (κ3) is 1.14. The van der Waals surface area contributed by atoms with Gasteiger partial charge in [0.15, 0.2) is 5.52 Å². The van der Waals surface area contributed by atoms with Crippen LogP contribution in [-0.4, -0.2) is 15.0 Å². The van der Waals surface area contributed by atoms with Crippen molar-refractivity contribution in [1.82, 2.24) is 15.0 Å². The van der Waals surface area contributed by atoms with E-state index in [1.54, 1.807) is 13.0 Å². The highest BCUT2D eigenvalue weighted by atomic mass is 16.2. The van der Waals surface area contributed by atoms with E-state index in [4.69, 9.17) is 0 Å². The quantitative estimate of drug-likeness (QED) is 0.590. The fourth-order valence-electron chi connectivity index (χ4n) is 1.20. The first kappa shape index (κ1) is 7.72. The number of pyridine rings is 1. The number of hydrogen-bond donors (Lipinski definition) is 2. The van der Waals surface area contributed by atoms with Crippen LogP contribution in [0.3, 0.4) is 0 Å². The predicted octanol–water partition coefficient (Wildman–Crippen LogP) is -0.0802. The van der Waals surface area contributed by atoms with E-state index in [-0.39, 0.29) is 5.52 Å². The molecule has 0 saturated heterocycles. The average molecular weight is 177 g/mol. The minimum Gasteiger partial charge on any atom is -0.305 e. The van der Waals surface area contributed by atoms with E-state index in [0.717, 1.165) is 5.56 Å². The Bertz CT molecular complexity index is 567. The molecule has 0 saturated carbocycles. The Morgan fingerprint density at radius 1 is 1.31 bits per heavy atom. The van der Waals surface area contributed by atoms with E-state index in [2.05, 4.69) is 15.0 Å². The summed E-state index contributed by atoms with van der Waals surface area (Å²) in [6.45, 7) is 1.80. The zero-order valence-corrected chi connectivity index (χ0v) is 6.92. The second kappa shape index (κ2) is 2.55. The molecule has 0 radical (unpaired) electrons. The second-order valence-electron chi connectivity index (χ2n) is 2.76. The zero-order valence-electron chi connectivity index (χ0n) is 6.92. The van der Waals surface area contributed by atoms with Gasteiger partial charge in [0.05, 0.1) is 5.52 Å². The zero-order chi connectivity index (χ0) is 9.42. The Labute approximate surface area is 72.5 Å². The Morgan fingerprint density at radius 2 is 2.08 bits per heavy atom. The van der Waals surface area contributed by atoms with Gasteiger partial charge in [-0.2, -0.15) is 0 Å². The first-order chi connectivity index (χ1) is 6.18. The second-order valence-corrected chi connectivity index (χ2v) is 2.76. The van der Waals surface area contributed by atoms with Crippen LogP contribution in [-0.2, 0) is 0 Å². The van der Waals surface area contributed by atoms with Gasteiger partial charge in [0.2, 0.25) is 0 Å². The van der Waals surface area contributed by atoms with Crippen molar-refractivity contribution in [2.24, 2.45) is 0 Å². The lowest BCUT2D eigenvalue weighted by Crippen LogP contribution is -2.22. The van der Waals surface area contributed by atoms with E-state index >= 15 is 0 Å². The van der Waals surface area contributed by atoms with E-state index in [1.807, 2.05) is 0 Å². The highest BCUT2D eigenvalue weighted by Crippen LogP contribution is 2.05. The van der Waals surface area contributed by atoms with Gasteiger partial charge in [0, 0.05) is 6.20 Å². The molecule has 2 aromatic rings. The number of aromatic nitrogens is 3. The summed E-state index contributed by atoms with van der Waals surface area (Å²) in [5.41, 5.74) is 0.625. The number of rotatable bonds is 0. The summed E-state index contributed by atoms with van der Waals surface area (Å²) in [5.74, 6) is 0. The van der Waals surface area contributed by atoms with Crippen LogP contribution in [0.25, 0.3) is 11.0 Å². The summed E-state index contributed by atoms with van der Waals surface area (Å²) in [6.07, 6.45) is 1.53. The van der Waals surface area contributed by atoms with Crippen molar-refractivity contribution >= 4 is 11.0 Å². The third-order valence-corrected chi connectivity index (χ3v) is 1.84. The number of H-pyrrole nitrogens is 2. The lowest BCUT2D eigenvalue weighted by molar-refractivity contribution is 1.06. The van der Waals surface area contributed by atoms with Crippen molar-refractivity contribution in [3.63, 3.8) is 0 Å². The Morgan fingerprint density at radius 3 is 2.85 bits per heavy atom. The SMILES string of the molecule is Cc1ccnc2c(=O)[nH]c(=O)[nH]c12. The predicted molar refractivity (Wildman–Crippen MR) is 47.7 cm³/mol. The molecule has 0 unspecified atom stereocenters. The van der Waals surface area contributed by atoms with Crippen molar-refractivity contribution in [1.29, 1.82) is 0 Å². The molecule has 0 aliphatic carbocycles. The third-order valence-electron chi connectivity index (χ3n) is 1.84. The molecular weight excluding hydrogens is 170 g/mol. The average Bonchev–Trinajstić information content (AvgIpc) is 2.07. The molecule has 2 rings (SSSR count). The van der Waals surface area contributed by atoms with Crippen molar-refractivity contribution in [3.05, 3.63) is 38.7 Å². The molecule has 5 heteroatoms. The van der Waals surface area contributed by atoms with E-state index in [9.17, 15) is 9.59 Å². The molecule has 0 aliphatic heterocycles. The molecule has 66 valence electrons. The van der Waals surface area contributed by atoms with E-state index < -0.39 is 11.2 Å². The van der Waals surface area contributed by atoms with Gasteiger partial charge in [-0.25, -0.2) is 9.78 Å². The van der Waals surface area contributed by atoms with Gasteiger partial charge in [-0.15, -0.1) is 0 Å². The van der Waals surface area contributed by atoms with E-state index in [1.165, 1.54) is 6.20 Å². The minimum atomic E-state index is -0.506. The normalized spacial score (nSPS) is 10.5. The molecule has 0 fully saturated rings. The smallest absolute Gasteiger partial charge is 0.305 e. The summed E-state index contributed by atoms with van der Waals surface area (Å²) in [4.78, 5) is 30.6. The topological polar surface area (TPSA) is 78.6 Å². The Balaban J connectivity index is 3.12. The largest absolute Gasteiger partial charge is 0.326 e. The maximum Gasteiger partial charge on any atom is 0.326 e. The Hall–Kier alpha value is -1.91. The number of aryl methyl sites for hydroxylation is 1. The van der Waals surface area contributed by atoms with Crippen LogP contribution < -0.4 is 11.2 Å². The lowest BCUT2D eigenvalue weighted by Gasteiger charge is -1.97. The van der Waals surface area contributed by atoms with Gasteiger partial charge >= 0.3 is 5.69 Å². The molecule has 2 heterocycles. The number of fused-ring (bicyclic) bond motifs is 1. The van der Waals surface area contributed by atoms with Crippen LogP contribution in [0.4, 0.5) is 0 Å². The molecule has 5 nitrogen and oxygen atoms in total. The maximum absolute atomic E-state index is 11.2. The van der Waals surface area contributed by atoms with Gasteiger partial charge in [-0.1, -0.05) is 0 Å². The molecule has 2 N–H and O–H groups in total. The number of hydrogen-bond acceptors (Lipinski definition) is 3. The molecule has 0 spiro atoms. The lowest BCUT2D eigenvalue weighted by atomic mass is 10.2. The summed E-state index contributed by atoms with van der Waals surface area (Å²) >= 11 is 0. The Kier molecular flexibility index (Phi) is 1.51. The van der Waals surface area contributed by atoms with Crippen LogP contribution >= 0.6 is 0 Å². The molecule has 13 heavy (non-hydrogen) atoms. The summed E-state index contributed by atoms with van der Waals surface area (Å²) in [5, 5.41) is 0. The van der Waals surface area contributed by atoms with Crippen molar-refractivity contribution in [3.8, 4) is 0 Å². The van der Waals surface area contributed by atoms with Gasteiger partial charge < -0.3 is 4.98 Å². The molecule has 0 amide bonds. The van der Waals surface area contributed by atoms with Crippen molar-refractivity contribution in [2.75, 3.05) is 0 Å². The first-order valence-electron chi connectivity index (χ1n) is 3.76. The molecule has 0 aromatic carbocycles. The standard InChI is InChI=1S/C8H7N3O2/c1-4-2-3-9-6-5(4)10-8(13)11-7(6)12/h2-3H,1H3,(H2,10,11,12,13). The fourth-order valence-corrected chi connectivity index (χ4v) is 1.20. The first-order valence-corrected chi connectivity index (χ1v) is 3.76. The molecule has 2 aromatic heterocycles. The van der Waals surface area contributed by atoms with Gasteiger partial charge in [-0.05, 0) is 18.6 Å². The molecular formula is C8H7N3O2. The van der Waals surface area contributed by atoms with Crippen molar-refractivity contribution in [2.45, 2.75) is 6.92 Å². The maximum atomic E-state index is 11.2. The number of nitrogens with one attached hydrogen (secondary N) is 2. The summed E-state index contributed by atoms with van der Waals surface area (Å²) < 4.78 is 0.